The lowest BCUT2D eigenvalue weighted by Gasteiger charge is -2.38. The highest BCUT2D eigenvalue weighted by molar-refractivity contribution is 8.04. The lowest BCUT2D eigenvalue weighted by atomic mass is 10.0. The highest BCUT2D eigenvalue weighted by Crippen LogP contribution is 2.51. The number of nitrogens with zero attached hydrogens (tertiary/aromatic N) is 1. The number of carbonyl (C=O) groups excluding carboxylic acids is 2. The van der Waals surface area contributed by atoms with Gasteiger partial charge < -0.3 is 0 Å². The molecule has 2 aliphatic rings. The van der Waals surface area contributed by atoms with Gasteiger partial charge >= 0.3 is 0 Å². The molecule has 0 aromatic heterocycles. The van der Waals surface area contributed by atoms with E-state index in [4.69, 9.17) is 0 Å². The smallest absolute Gasteiger partial charge is 0.258 e. The first-order chi connectivity index (χ1) is 7.49. The predicted octanol–water partition coefficient (Wildman–Crippen LogP) is 2.32. The Hall–Kier alpha value is -0.680. The molecule has 1 amide bonds. The Morgan fingerprint density at radius 1 is 1.50 bits per heavy atom. The van der Waals surface area contributed by atoms with E-state index in [0.29, 0.717) is 5.70 Å². The first kappa shape index (κ1) is 11.8. The molecule has 0 spiro atoms. The molecule has 1 atom stereocenters. The van der Waals surface area contributed by atoms with E-state index in [2.05, 4.69) is 12.6 Å². The first-order valence-electron chi connectivity index (χ1n) is 5.13. The summed E-state index contributed by atoms with van der Waals surface area (Å²) in [6, 6.07) is 0. The fraction of sp³-hybridized carbons (Fsp3) is 0.455. The Kier molecular flexibility index (Phi) is 2.92. The minimum absolute atomic E-state index is 0.0125. The maximum Gasteiger partial charge on any atom is 0.258 e. The van der Waals surface area contributed by atoms with Gasteiger partial charge in [0.2, 0.25) is 5.12 Å². The van der Waals surface area contributed by atoms with Crippen molar-refractivity contribution in [3.8, 4) is 0 Å². The number of hydrogen-bond donors (Lipinski definition) is 1. The molecule has 0 radical (unpaired) electrons. The van der Waals surface area contributed by atoms with Crippen molar-refractivity contribution in [2.24, 2.45) is 0 Å². The van der Waals surface area contributed by atoms with Crippen molar-refractivity contribution in [1.29, 1.82) is 0 Å². The van der Waals surface area contributed by atoms with Gasteiger partial charge in [0, 0.05) is 10.5 Å². The number of thioether (sulfide) groups is 1. The van der Waals surface area contributed by atoms with E-state index in [1.807, 2.05) is 20.8 Å². The fourth-order valence-corrected chi connectivity index (χ4v) is 3.81. The lowest BCUT2D eigenvalue weighted by Crippen LogP contribution is -2.51. The molecule has 1 fully saturated rings. The van der Waals surface area contributed by atoms with Gasteiger partial charge in [-0.1, -0.05) is 36.9 Å². The summed E-state index contributed by atoms with van der Waals surface area (Å²) >= 11 is 5.44. The highest BCUT2D eigenvalue weighted by Gasteiger charge is 2.51. The van der Waals surface area contributed by atoms with Gasteiger partial charge in [-0.15, -0.1) is 0 Å². The Morgan fingerprint density at radius 3 is 2.56 bits per heavy atom. The second-order valence-electron chi connectivity index (χ2n) is 3.99. The molecule has 0 N–H and O–H groups in total. The van der Waals surface area contributed by atoms with Crippen LogP contribution in [0.4, 0.5) is 0 Å². The van der Waals surface area contributed by atoms with Crippen molar-refractivity contribution in [3.63, 3.8) is 0 Å². The van der Waals surface area contributed by atoms with E-state index in [0.717, 1.165) is 22.5 Å². The fourth-order valence-electron chi connectivity index (χ4n) is 1.99. The zero-order valence-corrected chi connectivity index (χ0v) is 11.1. The minimum atomic E-state index is -0.312. The summed E-state index contributed by atoms with van der Waals surface area (Å²) in [4.78, 5) is 25.8. The van der Waals surface area contributed by atoms with Gasteiger partial charge in [-0.05, 0) is 20.3 Å². The molecule has 0 unspecified atom stereocenters. The van der Waals surface area contributed by atoms with Gasteiger partial charge in [0.05, 0.1) is 0 Å². The van der Waals surface area contributed by atoms with Crippen LogP contribution < -0.4 is 0 Å². The Morgan fingerprint density at radius 2 is 2.12 bits per heavy atom. The maximum atomic E-state index is 11.9. The largest absolute Gasteiger partial charge is 0.286 e. The third kappa shape index (κ3) is 1.45. The molecule has 2 aliphatic heterocycles. The first-order valence-corrected chi connectivity index (χ1v) is 6.45. The number of fused-ring (bicyclic) bond motifs is 1. The van der Waals surface area contributed by atoms with Crippen LogP contribution >= 0.6 is 24.4 Å². The Bertz CT molecular complexity index is 447. The molecule has 3 nitrogen and oxygen atoms in total. The van der Waals surface area contributed by atoms with Crippen LogP contribution in [0.5, 0.6) is 0 Å². The SMILES string of the molecule is CCC1=C(C(=O)S)N2C(=O)C(=C(C)C)[C@H]2S1. The number of hydrogen-bond acceptors (Lipinski definition) is 3. The van der Waals surface area contributed by atoms with Gasteiger partial charge in [-0.3, -0.25) is 14.5 Å². The number of β-lactam (4-membered cyclic amide) rings is 1. The molecule has 0 aromatic carbocycles. The topological polar surface area (TPSA) is 37.4 Å². The molecule has 86 valence electrons. The Labute approximate surface area is 104 Å². The number of carbonyl (C=O) groups is 2. The number of allylic oxidation sites excluding steroid dienone is 2. The van der Waals surface area contributed by atoms with Crippen LogP contribution in [0.1, 0.15) is 27.2 Å². The van der Waals surface area contributed by atoms with Crippen molar-refractivity contribution < 1.29 is 9.59 Å². The van der Waals surface area contributed by atoms with Crippen molar-refractivity contribution >= 4 is 35.4 Å². The quantitative estimate of drug-likeness (QED) is 0.467. The summed E-state index contributed by atoms with van der Waals surface area (Å²) in [6.07, 6.45) is 0.766. The molecule has 2 heterocycles. The van der Waals surface area contributed by atoms with E-state index in [1.54, 1.807) is 16.7 Å². The average Bonchev–Trinajstić information content (AvgIpc) is 2.51. The Balaban J connectivity index is 2.40. The third-order valence-electron chi connectivity index (χ3n) is 2.75. The van der Waals surface area contributed by atoms with Gasteiger partial charge in [-0.2, -0.15) is 0 Å². The van der Waals surface area contributed by atoms with Crippen LogP contribution in [0.25, 0.3) is 0 Å². The van der Waals surface area contributed by atoms with Crippen LogP contribution in [0.15, 0.2) is 21.7 Å². The summed E-state index contributed by atoms with van der Waals surface area (Å²) in [6.45, 7) is 5.84. The second kappa shape index (κ2) is 3.96. The van der Waals surface area contributed by atoms with Gasteiger partial charge in [-0.25, -0.2) is 0 Å². The normalized spacial score (nSPS) is 23.5. The van der Waals surface area contributed by atoms with Crippen LogP contribution in [-0.2, 0) is 9.59 Å². The molecule has 0 aromatic rings. The van der Waals surface area contributed by atoms with E-state index in [9.17, 15) is 9.59 Å². The highest BCUT2D eigenvalue weighted by atomic mass is 32.2. The molecule has 5 heteroatoms. The minimum Gasteiger partial charge on any atom is -0.286 e. The van der Waals surface area contributed by atoms with Crippen molar-refractivity contribution in [3.05, 3.63) is 21.7 Å². The van der Waals surface area contributed by atoms with Crippen LogP contribution in [0.3, 0.4) is 0 Å². The summed E-state index contributed by atoms with van der Waals surface area (Å²) in [5.41, 5.74) is 2.35. The number of amides is 1. The van der Waals surface area contributed by atoms with E-state index in [1.165, 1.54) is 0 Å². The summed E-state index contributed by atoms with van der Waals surface area (Å²) in [5, 5.41) is -0.299. The molecule has 0 bridgehead atoms. The van der Waals surface area contributed by atoms with Crippen molar-refractivity contribution in [1.82, 2.24) is 4.90 Å². The van der Waals surface area contributed by atoms with Crippen LogP contribution in [-0.4, -0.2) is 21.3 Å². The molecule has 16 heavy (non-hydrogen) atoms. The van der Waals surface area contributed by atoms with Gasteiger partial charge in [0.25, 0.3) is 5.91 Å². The van der Waals surface area contributed by atoms with E-state index < -0.39 is 0 Å². The molecular weight excluding hydrogens is 242 g/mol. The second-order valence-corrected chi connectivity index (χ2v) is 5.57. The van der Waals surface area contributed by atoms with Crippen molar-refractivity contribution in [2.75, 3.05) is 0 Å². The molecule has 0 aliphatic carbocycles. The van der Waals surface area contributed by atoms with Gasteiger partial charge in [0.15, 0.2) is 0 Å². The third-order valence-corrected chi connectivity index (χ3v) is 4.40. The number of thiol groups is 1. The standard InChI is InChI=1S/C11H13NO2S2/c1-4-6-8(11(14)15)12-9(13)7(5(2)3)10(12)16-6/h10H,4H2,1-3H3,(H,14,15)/t10-/m1/s1. The van der Waals surface area contributed by atoms with Crippen LogP contribution in [0.2, 0.25) is 0 Å². The zero-order valence-electron chi connectivity index (χ0n) is 9.40. The van der Waals surface area contributed by atoms with Crippen LogP contribution in [0, 0.1) is 0 Å². The molecule has 2 rings (SSSR count). The monoisotopic (exact) mass is 255 g/mol. The zero-order chi connectivity index (χ0) is 12.0. The predicted molar refractivity (Wildman–Crippen MR) is 67.9 cm³/mol. The van der Waals surface area contributed by atoms with Crippen molar-refractivity contribution in [2.45, 2.75) is 32.6 Å². The summed E-state index contributed by atoms with van der Waals surface area (Å²) in [5.74, 6) is -0.0432. The maximum absolute atomic E-state index is 11.9. The molecule has 0 saturated carbocycles. The molecule has 1 saturated heterocycles. The van der Waals surface area contributed by atoms with Gasteiger partial charge in [0.1, 0.15) is 11.1 Å². The summed E-state index contributed by atoms with van der Waals surface area (Å²) in [7, 11) is 0. The van der Waals surface area contributed by atoms with E-state index >= 15 is 0 Å². The number of rotatable bonds is 2. The lowest BCUT2D eigenvalue weighted by molar-refractivity contribution is -0.133. The average molecular weight is 255 g/mol. The van der Waals surface area contributed by atoms with E-state index in [-0.39, 0.29) is 16.4 Å². The summed E-state index contributed by atoms with van der Waals surface area (Å²) < 4.78 is 0. The molecular formula is C11H13NO2S2.